The highest BCUT2D eigenvalue weighted by molar-refractivity contribution is 5.29. The van der Waals surface area contributed by atoms with E-state index in [0.717, 1.165) is 31.6 Å². The number of hydrogen-bond donors (Lipinski definition) is 1. The number of aromatic hydroxyl groups is 1. The Balaban J connectivity index is 2.98. The minimum atomic E-state index is -0.285. The van der Waals surface area contributed by atoms with Gasteiger partial charge in [-0.3, -0.25) is 9.69 Å². The zero-order valence-corrected chi connectivity index (χ0v) is 11.9. The second-order valence-corrected chi connectivity index (χ2v) is 4.73. The fraction of sp³-hybridized carbons (Fsp3) is 0.643. The first-order valence-corrected chi connectivity index (χ1v) is 6.62. The quantitative estimate of drug-likeness (QED) is 0.842. The van der Waals surface area contributed by atoms with Crippen molar-refractivity contribution in [2.24, 2.45) is 7.05 Å². The molecule has 0 aliphatic rings. The minimum absolute atomic E-state index is 0.113. The third-order valence-corrected chi connectivity index (χ3v) is 3.43. The van der Waals surface area contributed by atoms with Gasteiger partial charge in [0.05, 0.1) is 5.69 Å². The van der Waals surface area contributed by atoms with Crippen molar-refractivity contribution in [3.63, 3.8) is 0 Å². The maximum Gasteiger partial charge on any atom is 0.223 e. The zero-order chi connectivity index (χ0) is 13.7. The summed E-state index contributed by atoms with van der Waals surface area (Å²) in [4.78, 5) is 13.9. The Morgan fingerprint density at radius 3 is 2.61 bits per heavy atom. The van der Waals surface area contributed by atoms with Crippen LogP contribution in [0, 0.1) is 6.92 Å². The van der Waals surface area contributed by atoms with E-state index in [9.17, 15) is 9.90 Å². The molecule has 0 saturated carbocycles. The normalized spacial score (nSPS) is 11.2. The molecule has 0 fully saturated rings. The van der Waals surface area contributed by atoms with Crippen LogP contribution in [0.15, 0.2) is 10.9 Å². The van der Waals surface area contributed by atoms with Crippen LogP contribution in [-0.2, 0) is 13.6 Å². The predicted molar refractivity (Wildman–Crippen MR) is 73.9 cm³/mol. The third kappa shape index (κ3) is 3.35. The second kappa shape index (κ2) is 6.59. The van der Waals surface area contributed by atoms with Gasteiger partial charge in [-0.05, 0) is 26.4 Å². The Labute approximate surface area is 109 Å². The van der Waals surface area contributed by atoms with E-state index in [-0.39, 0.29) is 11.2 Å². The summed E-state index contributed by atoms with van der Waals surface area (Å²) in [6, 6.07) is 1.47. The Hall–Kier alpha value is -1.29. The van der Waals surface area contributed by atoms with Crippen LogP contribution in [0.4, 0.5) is 0 Å². The monoisotopic (exact) mass is 252 g/mol. The Kier molecular flexibility index (Phi) is 5.41. The van der Waals surface area contributed by atoms with E-state index in [2.05, 4.69) is 18.7 Å². The number of nitrogens with zero attached hydrogens (tertiary/aromatic N) is 2. The summed E-state index contributed by atoms with van der Waals surface area (Å²) in [6.45, 7) is 8.67. The van der Waals surface area contributed by atoms with E-state index < -0.39 is 0 Å². The van der Waals surface area contributed by atoms with Gasteiger partial charge in [-0.1, -0.05) is 20.3 Å². The maximum absolute atomic E-state index is 11.6. The maximum atomic E-state index is 11.6. The molecular formula is C14H24N2O2. The molecule has 0 aliphatic heterocycles. The topological polar surface area (TPSA) is 45.5 Å². The molecule has 0 saturated heterocycles. The van der Waals surface area contributed by atoms with Crippen LogP contribution in [0.25, 0.3) is 0 Å². The molecule has 0 radical (unpaired) electrons. The molecule has 1 rings (SSSR count). The predicted octanol–water partition coefficient (Wildman–Crippen LogP) is 2.02. The number of aromatic nitrogens is 1. The highest BCUT2D eigenvalue weighted by atomic mass is 16.3. The molecule has 0 unspecified atom stereocenters. The van der Waals surface area contributed by atoms with Crippen LogP contribution in [-0.4, -0.2) is 27.7 Å². The van der Waals surface area contributed by atoms with Gasteiger partial charge in [0.15, 0.2) is 5.75 Å². The zero-order valence-electron chi connectivity index (χ0n) is 11.9. The standard InChI is InChI=1S/C14H24N2O2/c1-5-7-8-16(6-2)10-12-14(18)13(17)9-11(3)15(12)4/h9,18H,5-8,10H2,1-4H3. The molecule has 0 bridgehead atoms. The summed E-state index contributed by atoms with van der Waals surface area (Å²) in [5, 5.41) is 9.91. The number of pyridine rings is 1. The molecule has 0 spiro atoms. The Morgan fingerprint density at radius 1 is 1.39 bits per heavy atom. The van der Waals surface area contributed by atoms with Gasteiger partial charge in [0.25, 0.3) is 0 Å². The highest BCUT2D eigenvalue weighted by Crippen LogP contribution is 2.15. The van der Waals surface area contributed by atoms with Crippen LogP contribution < -0.4 is 5.43 Å². The van der Waals surface area contributed by atoms with Gasteiger partial charge in [-0.2, -0.15) is 0 Å². The van der Waals surface area contributed by atoms with Crippen molar-refractivity contribution in [2.75, 3.05) is 13.1 Å². The summed E-state index contributed by atoms with van der Waals surface area (Å²) < 4.78 is 1.89. The Morgan fingerprint density at radius 2 is 2.06 bits per heavy atom. The summed E-state index contributed by atoms with van der Waals surface area (Å²) in [5.41, 5.74) is 1.30. The van der Waals surface area contributed by atoms with E-state index in [1.165, 1.54) is 6.07 Å². The summed E-state index contributed by atoms with van der Waals surface area (Å²) >= 11 is 0. The summed E-state index contributed by atoms with van der Waals surface area (Å²) in [5.74, 6) is -0.113. The largest absolute Gasteiger partial charge is 0.503 e. The molecule has 4 nitrogen and oxygen atoms in total. The van der Waals surface area contributed by atoms with E-state index in [1.807, 2.05) is 18.5 Å². The van der Waals surface area contributed by atoms with E-state index in [0.29, 0.717) is 12.2 Å². The second-order valence-electron chi connectivity index (χ2n) is 4.73. The van der Waals surface area contributed by atoms with Crippen LogP contribution in [0.2, 0.25) is 0 Å². The van der Waals surface area contributed by atoms with Crippen LogP contribution in [0.3, 0.4) is 0 Å². The van der Waals surface area contributed by atoms with Gasteiger partial charge < -0.3 is 9.67 Å². The van der Waals surface area contributed by atoms with Gasteiger partial charge in [-0.25, -0.2) is 0 Å². The molecule has 4 heteroatoms. The van der Waals surface area contributed by atoms with Gasteiger partial charge in [0, 0.05) is 25.4 Å². The first-order valence-electron chi connectivity index (χ1n) is 6.62. The molecule has 0 atom stereocenters. The third-order valence-electron chi connectivity index (χ3n) is 3.43. The van der Waals surface area contributed by atoms with Crippen LogP contribution >= 0.6 is 0 Å². The van der Waals surface area contributed by atoms with Crippen LogP contribution in [0.5, 0.6) is 5.75 Å². The molecular weight excluding hydrogens is 228 g/mol. The molecule has 1 aromatic rings. The average Bonchev–Trinajstić information content (AvgIpc) is 2.36. The first kappa shape index (κ1) is 14.8. The first-order chi connectivity index (χ1) is 8.51. The number of unbranched alkanes of at least 4 members (excludes halogenated alkanes) is 1. The molecule has 0 amide bonds. The lowest BCUT2D eigenvalue weighted by Gasteiger charge is -2.23. The number of aryl methyl sites for hydroxylation is 1. The van der Waals surface area contributed by atoms with Crippen molar-refractivity contribution in [1.82, 2.24) is 9.47 Å². The van der Waals surface area contributed by atoms with Gasteiger partial charge in [0.2, 0.25) is 5.43 Å². The molecule has 18 heavy (non-hydrogen) atoms. The smallest absolute Gasteiger partial charge is 0.223 e. The lowest BCUT2D eigenvalue weighted by Crippen LogP contribution is -2.27. The van der Waals surface area contributed by atoms with Gasteiger partial charge in [-0.15, -0.1) is 0 Å². The minimum Gasteiger partial charge on any atom is -0.503 e. The highest BCUT2D eigenvalue weighted by Gasteiger charge is 2.13. The van der Waals surface area contributed by atoms with Crippen LogP contribution in [0.1, 0.15) is 38.1 Å². The van der Waals surface area contributed by atoms with E-state index in [4.69, 9.17) is 0 Å². The fourth-order valence-corrected chi connectivity index (χ4v) is 1.99. The SMILES string of the molecule is CCCCN(CC)Cc1c(O)c(=O)cc(C)n1C. The van der Waals surface area contributed by atoms with E-state index >= 15 is 0 Å². The molecule has 1 N–H and O–H groups in total. The van der Waals surface area contributed by atoms with Gasteiger partial charge in [0.1, 0.15) is 0 Å². The van der Waals surface area contributed by atoms with E-state index in [1.54, 1.807) is 0 Å². The molecule has 1 heterocycles. The summed E-state index contributed by atoms with van der Waals surface area (Å²) in [7, 11) is 1.89. The van der Waals surface area contributed by atoms with Crippen molar-refractivity contribution < 1.29 is 5.11 Å². The molecule has 0 aliphatic carbocycles. The van der Waals surface area contributed by atoms with Crippen molar-refractivity contribution in [2.45, 2.75) is 40.2 Å². The van der Waals surface area contributed by atoms with Gasteiger partial charge >= 0.3 is 0 Å². The Bertz CT molecular complexity index is 452. The van der Waals surface area contributed by atoms with Crippen molar-refractivity contribution in [1.29, 1.82) is 0 Å². The number of hydrogen-bond acceptors (Lipinski definition) is 3. The summed E-state index contributed by atoms with van der Waals surface area (Å²) in [6.07, 6.45) is 2.28. The molecule has 102 valence electrons. The van der Waals surface area contributed by atoms with Crippen molar-refractivity contribution >= 4 is 0 Å². The lowest BCUT2D eigenvalue weighted by molar-refractivity contribution is 0.263. The molecule has 0 aromatic carbocycles. The van der Waals surface area contributed by atoms with Crippen molar-refractivity contribution in [3.05, 3.63) is 27.7 Å². The van der Waals surface area contributed by atoms with Crippen molar-refractivity contribution in [3.8, 4) is 5.75 Å². The molecule has 1 aromatic heterocycles. The lowest BCUT2D eigenvalue weighted by atomic mass is 10.2. The number of rotatable bonds is 6. The average molecular weight is 252 g/mol. The fourth-order valence-electron chi connectivity index (χ4n) is 1.99.